The van der Waals surface area contributed by atoms with E-state index in [1.54, 1.807) is 6.07 Å². The molecule has 6 rings (SSSR count). The minimum Gasteiger partial charge on any atom is -0.371 e. The summed E-state index contributed by atoms with van der Waals surface area (Å²) in [6.07, 6.45) is 3.29. The molecule has 2 atom stereocenters. The first kappa shape index (κ1) is 19.7. The van der Waals surface area contributed by atoms with Crippen molar-refractivity contribution in [2.45, 2.75) is 44.8 Å². The van der Waals surface area contributed by atoms with Crippen LogP contribution in [0.3, 0.4) is 0 Å². The van der Waals surface area contributed by atoms with E-state index in [0.717, 1.165) is 13.3 Å². The number of aryl methyl sites for hydroxylation is 1. The zero-order chi connectivity index (χ0) is 21.9. The Labute approximate surface area is 176 Å². The molecule has 3 fully saturated rings. The van der Waals surface area contributed by atoms with Crippen LogP contribution in [0.4, 0.5) is 14.6 Å². The van der Waals surface area contributed by atoms with E-state index in [2.05, 4.69) is 19.9 Å². The lowest BCUT2D eigenvalue weighted by Gasteiger charge is -2.47. The van der Waals surface area contributed by atoms with Crippen molar-refractivity contribution in [3.63, 3.8) is 0 Å². The van der Waals surface area contributed by atoms with Gasteiger partial charge in [0.2, 0.25) is 5.82 Å². The van der Waals surface area contributed by atoms with E-state index in [1.165, 1.54) is 16.9 Å². The molecular weight excluding hydrogens is 408 g/mol. The third-order valence-corrected chi connectivity index (χ3v) is 5.59. The Hall–Kier alpha value is -3.21. The van der Waals surface area contributed by atoms with E-state index >= 15 is 0 Å². The fourth-order valence-corrected chi connectivity index (χ4v) is 4.04. The van der Waals surface area contributed by atoms with E-state index in [1.807, 2.05) is 6.92 Å². The number of hydrogen-bond donors (Lipinski definition) is 1. The maximum Gasteiger partial charge on any atom is 0.303 e. The second kappa shape index (κ2) is 6.91. The Morgan fingerprint density at radius 2 is 2.00 bits per heavy atom. The molecule has 3 aliphatic heterocycles. The highest BCUT2D eigenvalue weighted by Gasteiger charge is 2.40. The number of fused-ring (bicyclic) bond motifs is 3. The van der Waals surface area contributed by atoms with Gasteiger partial charge in [0.1, 0.15) is 5.69 Å². The molecule has 11 heteroatoms. The molecule has 0 aliphatic carbocycles. The van der Waals surface area contributed by atoms with E-state index in [9.17, 15) is 13.6 Å². The molecule has 0 radical (unpaired) electrons. The van der Waals surface area contributed by atoms with Gasteiger partial charge in [-0.1, -0.05) is 6.92 Å². The van der Waals surface area contributed by atoms with Gasteiger partial charge in [0.05, 0.1) is 23.1 Å². The molecule has 3 aliphatic rings. The Morgan fingerprint density at radius 1 is 1.29 bits per heavy atom. The number of carbonyl (C=O) groups is 1. The lowest BCUT2D eigenvalue weighted by atomic mass is 9.99. The number of amides is 1. The monoisotopic (exact) mass is 429 g/mol. The Morgan fingerprint density at radius 3 is 2.61 bits per heavy atom. The number of aromatic nitrogens is 5. The first-order chi connectivity index (χ1) is 14.7. The summed E-state index contributed by atoms with van der Waals surface area (Å²) >= 11 is 0. The molecule has 31 heavy (non-hydrogen) atoms. The lowest BCUT2D eigenvalue weighted by molar-refractivity contribution is -0.133. The highest BCUT2D eigenvalue weighted by Crippen LogP contribution is 2.35. The predicted octanol–water partition coefficient (Wildman–Crippen LogP) is 1.96. The summed E-state index contributed by atoms with van der Waals surface area (Å²) in [5, 5.41) is 5.37. The number of carbonyl (C=O) groups excluding carboxylic acids is 1. The van der Waals surface area contributed by atoms with Crippen LogP contribution in [0.25, 0.3) is 16.7 Å². The summed E-state index contributed by atoms with van der Waals surface area (Å²) in [5.74, 6) is -3.65. The zero-order valence-electron chi connectivity index (χ0n) is 17.0. The van der Waals surface area contributed by atoms with E-state index in [-0.39, 0.29) is 23.7 Å². The molecule has 2 unspecified atom stereocenters. The number of ether oxygens (including phenoxy) is 1. The highest BCUT2D eigenvalue weighted by atomic mass is 19.3. The highest BCUT2D eigenvalue weighted by molar-refractivity contribution is 5.98. The van der Waals surface area contributed by atoms with Crippen molar-refractivity contribution in [1.29, 1.82) is 0 Å². The summed E-state index contributed by atoms with van der Waals surface area (Å²) in [4.78, 5) is 26.0. The van der Waals surface area contributed by atoms with Gasteiger partial charge in [-0.3, -0.25) is 9.78 Å². The number of alkyl halides is 2. The van der Waals surface area contributed by atoms with Crippen molar-refractivity contribution in [1.82, 2.24) is 24.7 Å². The normalized spacial score (nSPS) is 20.7. The summed E-state index contributed by atoms with van der Waals surface area (Å²) in [7, 11) is 0. The predicted molar refractivity (Wildman–Crippen MR) is 107 cm³/mol. The van der Waals surface area contributed by atoms with Gasteiger partial charge in [-0.2, -0.15) is 8.78 Å². The summed E-state index contributed by atoms with van der Waals surface area (Å²) in [5.41, 5.74) is 6.43. The van der Waals surface area contributed by atoms with Gasteiger partial charge in [-0.15, -0.1) is 5.10 Å². The number of morpholine rings is 1. The van der Waals surface area contributed by atoms with E-state index in [4.69, 9.17) is 15.6 Å². The molecule has 0 saturated carbocycles. The molecule has 162 valence electrons. The van der Waals surface area contributed by atoms with Crippen LogP contribution < -0.4 is 10.6 Å². The van der Waals surface area contributed by atoms with Gasteiger partial charge in [-0.25, -0.2) is 14.6 Å². The van der Waals surface area contributed by atoms with Crippen molar-refractivity contribution in [2.24, 2.45) is 5.73 Å². The molecule has 1 amide bonds. The number of nitrogens with zero attached hydrogens (tertiary/aromatic N) is 6. The first-order valence-corrected chi connectivity index (χ1v) is 10.1. The molecular formula is C20H21F2N7O2. The summed E-state index contributed by atoms with van der Waals surface area (Å²) in [6.45, 7) is 3.92. The third-order valence-electron chi connectivity index (χ3n) is 5.59. The van der Waals surface area contributed by atoms with Crippen molar-refractivity contribution < 1.29 is 18.3 Å². The maximum atomic E-state index is 14.0. The van der Waals surface area contributed by atoms with Gasteiger partial charge in [-0.05, 0) is 12.5 Å². The Balaban J connectivity index is 1.71. The number of piperidine rings is 1. The van der Waals surface area contributed by atoms with Crippen LogP contribution in [-0.4, -0.2) is 55.9 Å². The average molecular weight is 429 g/mol. The SMILES string of the molecule is CCc1cc(-n2nc(N3CC4CC(C3)O4)c3cnc(C(N)=O)cc32)nc(C(C)(F)F)n1. The average Bonchev–Trinajstić information content (AvgIpc) is 3.11. The Bertz CT molecular complexity index is 1170. The van der Waals surface area contributed by atoms with Crippen LogP contribution in [0.2, 0.25) is 0 Å². The van der Waals surface area contributed by atoms with E-state index in [0.29, 0.717) is 41.9 Å². The second-order valence-corrected chi connectivity index (χ2v) is 7.99. The molecule has 3 saturated heterocycles. The first-order valence-electron chi connectivity index (χ1n) is 10.1. The lowest BCUT2D eigenvalue weighted by Crippen LogP contribution is -2.57. The van der Waals surface area contributed by atoms with Crippen LogP contribution >= 0.6 is 0 Å². The number of rotatable bonds is 5. The minimum absolute atomic E-state index is 0.0517. The largest absolute Gasteiger partial charge is 0.371 e. The van der Waals surface area contributed by atoms with Crippen molar-refractivity contribution in [3.05, 3.63) is 35.5 Å². The summed E-state index contributed by atoms with van der Waals surface area (Å²) < 4.78 is 35.3. The molecule has 3 aromatic rings. The second-order valence-electron chi connectivity index (χ2n) is 7.99. The molecule has 6 heterocycles. The van der Waals surface area contributed by atoms with Gasteiger partial charge in [0.15, 0.2) is 11.6 Å². The van der Waals surface area contributed by atoms with Gasteiger partial charge in [0.25, 0.3) is 5.91 Å². The van der Waals surface area contributed by atoms with Crippen LogP contribution in [0.15, 0.2) is 18.3 Å². The zero-order valence-corrected chi connectivity index (χ0v) is 17.0. The fourth-order valence-electron chi connectivity index (χ4n) is 4.04. The van der Waals surface area contributed by atoms with Crippen LogP contribution in [0.5, 0.6) is 0 Å². The number of nitrogens with two attached hydrogens (primary N) is 1. The molecule has 0 spiro atoms. The maximum absolute atomic E-state index is 14.0. The van der Waals surface area contributed by atoms with Crippen LogP contribution in [-0.2, 0) is 17.1 Å². The van der Waals surface area contributed by atoms with Crippen molar-refractivity contribution in [3.8, 4) is 5.82 Å². The van der Waals surface area contributed by atoms with Gasteiger partial charge < -0.3 is 15.4 Å². The molecule has 9 nitrogen and oxygen atoms in total. The van der Waals surface area contributed by atoms with E-state index < -0.39 is 17.7 Å². The molecule has 2 bridgehead atoms. The fraction of sp³-hybridized carbons (Fsp3) is 0.450. The smallest absolute Gasteiger partial charge is 0.303 e. The van der Waals surface area contributed by atoms with Gasteiger partial charge >= 0.3 is 5.92 Å². The summed E-state index contributed by atoms with van der Waals surface area (Å²) in [6, 6.07) is 3.12. The van der Waals surface area contributed by atoms with Crippen molar-refractivity contribution >= 4 is 22.6 Å². The quantitative estimate of drug-likeness (QED) is 0.660. The number of halogens is 2. The van der Waals surface area contributed by atoms with Crippen LogP contribution in [0, 0.1) is 0 Å². The molecule has 2 N–H and O–H groups in total. The molecule has 0 aromatic carbocycles. The number of primary amides is 1. The number of hydrogen-bond acceptors (Lipinski definition) is 7. The topological polar surface area (TPSA) is 112 Å². The van der Waals surface area contributed by atoms with Gasteiger partial charge in [0, 0.05) is 44.4 Å². The standard InChI is InChI=1S/C20H21F2N7O2/c1-3-10-4-16(26-19(25-10)20(2,21)22)29-15-6-14(17(23)30)24-7-13(15)18(27-29)28-8-11-5-12(9-28)31-11/h4,6-7,11-12H,3,5,8-9H2,1-2H3,(H2,23,30). The third kappa shape index (κ3) is 3.38. The Kier molecular flexibility index (Phi) is 4.40. The number of anilines is 1. The minimum atomic E-state index is -3.21. The van der Waals surface area contributed by atoms with Crippen molar-refractivity contribution in [2.75, 3.05) is 18.0 Å². The molecule has 3 aromatic heterocycles. The van der Waals surface area contributed by atoms with Crippen LogP contribution in [0.1, 0.15) is 42.3 Å². The number of pyridine rings is 1.